The molecule has 5 heteroatoms. The molecule has 25 heavy (non-hydrogen) atoms. The Bertz CT molecular complexity index is 821. The summed E-state index contributed by atoms with van der Waals surface area (Å²) in [5.41, 5.74) is 5.67. The van der Waals surface area contributed by atoms with E-state index in [0.717, 1.165) is 22.5 Å². The highest BCUT2D eigenvalue weighted by Crippen LogP contribution is 2.26. The molecule has 0 radical (unpaired) electrons. The lowest BCUT2D eigenvalue weighted by atomic mass is 10.1. The molecule has 5 nitrogen and oxygen atoms in total. The van der Waals surface area contributed by atoms with Gasteiger partial charge in [-0.25, -0.2) is 9.79 Å². The van der Waals surface area contributed by atoms with E-state index < -0.39 is 6.09 Å². The standard InChI is InChI=1S/C20H24N2O3/c1-7-24-20(23)22-16(6)18-9-8-17(25-18)15(5)21-19-13(3)10-12(2)11-14(19)4/h8-11H,7H2,1-6H3/b21-15?,22-16+. The number of aryl methyl sites for hydroxylation is 3. The minimum absolute atomic E-state index is 0.292. The Morgan fingerprint density at radius 2 is 1.60 bits per heavy atom. The van der Waals surface area contributed by atoms with Crippen LogP contribution >= 0.6 is 0 Å². The summed E-state index contributed by atoms with van der Waals surface area (Å²) in [5, 5.41) is 0. The summed E-state index contributed by atoms with van der Waals surface area (Å²) >= 11 is 0. The van der Waals surface area contributed by atoms with Gasteiger partial charge in [0, 0.05) is 0 Å². The second kappa shape index (κ2) is 7.92. The molecule has 132 valence electrons. The summed E-state index contributed by atoms with van der Waals surface area (Å²) in [6.45, 7) is 11.8. The molecule has 0 bridgehead atoms. The zero-order valence-corrected chi connectivity index (χ0v) is 15.6. The van der Waals surface area contributed by atoms with Crippen LogP contribution in [0.25, 0.3) is 0 Å². The summed E-state index contributed by atoms with van der Waals surface area (Å²) in [5.74, 6) is 1.17. The van der Waals surface area contributed by atoms with Crippen LogP contribution in [0.1, 0.15) is 49.0 Å². The molecular formula is C20H24N2O3. The van der Waals surface area contributed by atoms with Gasteiger partial charge in [0.2, 0.25) is 0 Å². The fourth-order valence-electron chi connectivity index (χ4n) is 2.65. The molecule has 0 aliphatic rings. The Hall–Kier alpha value is -2.69. The molecule has 0 aliphatic heterocycles. The third kappa shape index (κ3) is 4.66. The molecule has 0 spiro atoms. The molecule has 1 heterocycles. The average molecular weight is 340 g/mol. The van der Waals surface area contributed by atoms with Crippen LogP contribution in [-0.4, -0.2) is 24.1 Å². The maximum Gasteiger partial charge on any atom is 0.433 e. The van der Waals surface area contributed by atoms with Crippen LogP contribution in [-0.2, 0) is 4.74 Å². The van der Waals surface area contributed by atoms with Crippen LogP contribution in [0.15, 0.2) is 38.7 Å². The molecule has 0 fully saturated rings. The van der Waals surface area contributed by atoms with E-state index >= 15 is 0 Å². The molecule has 2 rings (SSSR count). The van der Waals surface area contributed by atoms with E-state index in [1.165, 1.54) is 5.56 Å². The van der Waals surface area contributed by atoms with Crippen molar-refractivity contribution < 1.29 is 13.9 Å². The molecule has 0 unspecified atom stereocenters. The van der Waals surface area contributed by atoms with Gasteiger partial charge < -0.3 is 9.15 Å². The first kappa shape index (κ1) is 18.6. The first-order valence-corrected chi connectivity index (χ1v) is 8.27. The maximum absolute atomic E-state index is 11.4. The summed E-state index contributed by atoms with van der Waals surface area (Å²) in [7, 11) is 0. The summed E-state index contributed by atoms with van der Waals surface area (Å²) in [6.07, 6.45) is -0.616. The number of carbonyl (C=O) groups is 1. The number of amides is 1. The third-order valence-electron chi connectivity index (χ3n) is 3.76. The quantitative estimate of drug-likeness (QED) is 0.708. The highest BCUT2D eigenvalue weighted by molar-refractivity contribution is 6.04. The van der Waals surface area contributed by atoms with Gasteiger partial charge in [-0.3, -0.25) is 0 Å². The van der Waals surface area contributed by atoms with E-state index in [0.29, 0.717) is 23.8 Å². The van der Waals surface area contributed by atoms with E-state index in [9.17, 15) is 4.79 Å². The fraction of sp³-hybridized carbons (Fsp3) is 0.350. The molecule has 1 amide bonds. The predicted octanol–water partition coefficient (Wildman–Crippen LogP) is 5.31. The van der Waals surface area contributed by atoms with Crippen molar-refractivity contribution in [3.05, 3.63) is 52.5 Å². The molecule has 2 aromatic rings. The van der Waals surface area contributed by atoms with E-state index in [1.54, 1.807) is 19.9 Å². The number of ether oxygens (including phenoxy) is 1. The third-order valence-corrected chi connectivity index (χ3v) is 3.76. The van der Waals surface area contributed by atoms with Gasteiger partial charge in [-0.15, -0.1) is 0 Å². The topological polar surface area (TPSA) is 64.2 Å². The van der Waals surface area contributed by atoms with Crippen LogP contribution in [0.5, 0.6) is 0 Å². The highest BCUT2D eigenvalue weighted by Gasteiger charge is 2.11. The van der Waals surface area contributed by atoms with Gasteiger partial charge in [-0.05, 0) is 64.8 Å². The van der Waals surface area contributed by atoms with Gasteiger partial charge in [-0.1, -0.05) is 17.7 Å². The Morgan fingerprint density at radius 3 is 2.16 bits per heavy atom. The van der Waals surface area contributed by atoms with Gasteiger partial charge in [-0.2, -0.15) is 4.99 Å². The second-order valence-corrected chi connectivity index (χ2v) is 6.00. The first-order chi connectivity index (χ1) is 11.8. The molecule has 1 aromatic heterocycles. The van der Waals surface area contributed by atoms with E-state index in [-0.39, 0.29) is 0 Å². The monoisotopic (exact) mass is 340 g/mol. The van der Waals surface area contributed by atoms with Crippen molar-refractivity contribution >= 4 is 23.2 Å². The Labute approximate surface area is 148 Å². The summed E-state index contributed by atoms with van der Waals surface area (Å²) < 4.78 is 10.6. The molecule has 0 atom stereocenters. The SMILES string of the molecule is CCOC(=O)/N=C(\C)c1ccc(C(C)=Nc2c(C)cc(C)cc2C)o1. The van der Waals surface area contributed by atoms with Crippen LogP contribution in [0, 0.1) is 20.8 Å². The minimum atomic E-state index is -0.616. The largest absolute Gasteiger partial charge is 0.454 e. The molecule has 0 N–H and O–H groups in total. The van der Waals surface area contributed by atoms with Gasteiger partial charge >= 0.3 is 6.09 Å². The maximum atomic E-state index is 11.4. The van der Waals surface area contributed by atoms with Crippen molar-refractivity contribution in [2.24, 2.45) is 9.98 Å². The van der Waals surface area contributed by atoms with Crippen molar-refractivity contribution in [1.29, 1.82) is 0 Å². The lowest BCUT2D eigenvalue weighted by Crippen LogP contribution is -2.03. The van der Waals surface area contributed by atoms with Gasteiger partial charge in [0.15, 0.2) is 0 Å². The van der Waals surface area contributed by atoms with E-state index in [4.69, 9.17) is 14.1 Å². The summed E-state index contributed by atoms with van der Waals surface area (Å²) in [4.78, 5) is 20.0. The summed E-state index contributed by atoms with van der Waals surface area (Å²) in [6, 6.07) is 7.84. The number of rotatable bonds is 4. The Morgan fingerprint density at radius 1 is 1.04 bits per heavy atom. The van der Waals surface area contributed by atoms with Gasteiger partial charge in [0.1, 0.15) is 11.5 Å². The van der Waals surface area contributed by atoms with Gasteiger partial charge in [0.25, 0.3) is 0 Å². The Balaban J connectivity index is 2.29. The number of benzene rings is 1. The van der Waals surface area contributed by atoms with Crippen LogP contribution in [0.4, 0.5) is 10.5 Å². The van der Waals surface area contributed by atoms with Crippen molar-refractivity contribution in [2.45, 2.75) is 41.5 Å². The minimum Gasteiger partial charge on any atom is -0.454 e. The molecule has 0 aliphatic carbocycles. The lowest BCUT2D eigenvalue weighted by Gasteiger charge is -2.07. The average Bonchev–Trinajstić information content (AvgIpc) is 3.01. The highest BCUT2D eigenvalue weighted by atomic mass is 16.5. The molecule has 0 saturated carbocycles. The lowest BCUT2D eigenvalue weighted by molar-refractivity contribution is 0.163. The second-order valence-electron chi connectivity index (χ2n) is 6.00. The zero-order valence-electron chi connectivity index (χ0n) is 15.6. The number of hydrogen-bond acceptors (Lipinski definition) is 4. The fourth-order valence-corrected chi connectivity index (χ4v) is 2.65. The molecular weight excluding hydrogens is 316 g/mol. The number of furan rings is 1. The van der Waals surface area contributed by atoms with E-state index in [2.05, 4.69) is 37.9 Å². The van der Waals surface area contributed by atoms with E-state index in [1.807, 2.05) is 13.0 Å². The van der Waals surface area contributed by atoms with Crippen molar-refractivity contribution in [3.8, 4) is 0 Å². The van der Waals surface area contributed by atoms with Crippen LogP contribution < -0.4 is 0 Å². The molecule has 1 aromatic carbocycles. The zero-order chi connectivity index (χ0) is 18.6. The smallest absolute Gasteiger partial charge is 0.433 e. The van der Waals surface area contributed by atoms with Crippen molar-refractivity contribution in [2.75, 3.05) is 6.61 Å². The van der Waals surface area contributed by atoms with Crippen LogP contribution in [0.2, 0.25) is 0 Å². The number of hydrogen-bond donors (Lipinski definition) is 0. The Kier molecular flexibility index (Phi) is 5.91. The number of aliphatic imine (C=N–C) groups is 2. The van der Waals surface area contributed by atoms with Gasteiger partial charge in [0.05, 0.1) is 23.7 Å². The van der Waals surface area contributed by atoms with Crippen molar-refractivity contribution in [1.82, 2.24) is 0 Å². The number of carbonyl (C=O) groups excluding carboxylic acids is 1. The van der Waals surface area contributed by atoms with Crippen LogP contribution in [0.3, 0.4) is 0 Å². The predicted molar refractivity (Wildman–Crippen MR) is 100 cm³/mol. The normalized spacial score (nSPS) is 12.4. The number of nitrogens with zero attached hydrogens (tertiary/aromatic N) is 2. The van der Waals surface area contributed by atoms with Crippen molar-refractivity contribution in [3.63, 3.8) is 0 Å². The first-order valence-electron chi connectivity index (χ1n) is 8.27. The molecule has 0 saturated heterocycles.